The molecule has 0 radical (unpaired) electrons. The van der Waals surface area contributed by atoms with Crippen molar-refractivity contribution >= 4 is 29.0 Å². The van der Waals surface area contributed by atoms with E-state index in [0.29, 0.717) is 22.0 Å². The summed E-state index contributed by atoms with van der Waals surface area (Å²) >= 11 is 11.7. The molecular weight excluding hydrogens is 233 g/mol. The molecule has 82 valence electrons. The van der Waals surface area contributed by atoms with Crippen LogP contribution in [0.2, 0.25) is 10.0 Å². The number of halogens is 2. The summed E-state index contributed by atoms with van der Waals surface area (Å²) in [6.07, 6.45) is 1.07. The van der Waals surface area contributed by atoms with Crippen molar-refractivity contribution in [2.75, 3.05) is 0 Å². The van der Waals surface area contributed by atoms with Crippen LogP contribution in [0.15, 0.2) is 18.2 Å². The summed E-state index contributed by atoms with van der Waals surface area (Å²) in [4.78, 5) is 11.8. The van der Waals surface area contributed by atoms with Crippen molar-refractivity contribution in [1.29, 1.82) is 0 Å². The predicted octanol–water partition coefficient (Wildman–Crippen LogP) is 3.30. The standard InChI is InChI=1S/C11H13Cl2NO/c1-2-8(14)6-11(15)9-5-7(12)3-4-10(9)13/h3-5,8H,2,6,14H2,1H3. The number of carbonyl (C=O) groups excluding carboxylic acids is 1. The van der Waals surface area contributed by atoms with Crippen molar-refractivity contribution in [3.05, 3.63) is 33.8 Å². The van der Waals surface area contributed by atoms with Crippen molar-refractivity contribution in [2.45, 2.75) is 25.8 Å². The average Bonchev–Trinajstić information content (AvgIpc) is 2.21. The van der Waals surface area contributed by atoms with Gasteiger partial charge in [-0.05, 0) is 24.6 Å². The van der Waals surface area contributed by atoms with Crippen LogP contribution in [-0.2, 0) is 0 Å². The summed E-state index contributed by atoms with van der Waals surface area (Å²) in [7, 11) is 0. The fourth-order valence-electron chi connectivity index (χ4n) is 1.20. The van der Waals surface area contributed by atoms with Gasteiger partial charge in [0, 0.05) is 23.0 Å². The molecule has 1 rings (SSSR count). The average molecular weight is 246 g/mol. The molecule has 0 aromatic heterocycles. The van der Waals surface area contributed by atoms with Crippen LogP contribution in [0.25, 0.3) is 0 Å². The summed E-state index contributed by atoms with van der Waals surface area (Å²) in [5.41, 5.74) is 6.15. The summed E-state index contributed by atoms with van der Waals surface area (Å²) in [5.74, 6) is -0.0585. The number of rotatable bonds is 4. The smallest absolute Gasteiger partial charge is 0.165 e. The molecule has 0 fully saturated rings. The molecule has 0 aliphatic carbocycles. The van der Waals surface area contributed by atoms with E-state index in [1.807, 2.05) is 6.92 Å². The van der Waals surface area contributed by atoms with Crippen LogP contribution < -0.4 is 5.73 Å². The summed E-state index contributed by atoms with van der Waals surface area (Å²) < 4.78 is 0. The third-order valence-electron chi connectivity index (χ3n) is 2.20. The molecular formula is C11H13Cl2NO. The van der Waals surface area contributed by atoms with E-state index in [0.717, 1.165) is 6.42 Å². The summed E-state index contributed by atoms with van der Waals surface area (Å²) in [5, 5.41) is 0.931. The maximum absolute atomic E-state index is 11.8. The van der Waals surface area contributed by atoms with Gasteiger partial charge in [-0.1, -0.05) is 30.1 Å². The molecule has 1 aromatic rings. The zero-order valence-electron chi connectivity index (χ0n) is 8.47. The Bertz CT molecular complexity index is 366. The Morgan fingerprint density at radius 1 is 1.47 bits per heavy atom. The van der Waals surface area contributed by atoms with Gasteiger partial charge in [0.05, 0.1) is 5.02 Å². The van der Waals surface area contributed by atoms with Gasteiger partial charge in [0.25, 0.3) is 0 Å². The molecule has 0 bridgehead atoms. The third-order valence-corrected chi connectivity index (χ3v) is 2.77. The monoisotopic (exact) mass is 245 g/mol. The van der Waals surface area contributed by atoms with Crippen molar-refractivity contribution in [3.63, 3.8) is 0 Å². The molecule has 0 heterocycles. The van der Waals surface area contributed by atoms with Gasteiger partial charge in [0.1, 0.15) is 0 Å². The normalized spacial score (nSPS) is 12.5. The first-order valence-electron chi connectivity index (χ1n) is 4.78. The van der Waals surface area contributed by atoms with E-state index in [2.05, 4.69) is 0 Å². The Morgan fingerprint density at radius 2 is 2.13 bits per heavy atom. The van der Waals surface area contributed by atoms with Gasteiger partial charge in [-0.25, -0.2) is 0 Å². The molecule has 1 unspecified atom stereocenters. The van der Waals surface area contributed by atoms with Crippen LogP contribution in [-0.4, -0.2) is 11.8 Å². The van der Waals surface area contributed by atoms with Gasteiger partial charge < -0.3 is 5.73 Å². The Labute approximate surface area is 99.4 Å². The zero-order chi connectivity index (χ0) is 11.4. The van der Waals surface area contributed by atoms with Gasteiger partial charge in [-0.2, -0.15) is 0 Å². The Balaban J connectivity index is 2.86. The predicted molar refractivity (Wildman–Crippen MR) is 63.7 cm³/mol. The quantitative estimate of drug-likeness (QED) is 0.828. The number of Topliss-reactive ketones (excluding diaryl/α,β-unsaturated/α-hetero) is 1. The minimum Gasteiger partial charge on any atom is -0.327 e. The highest BCUT2D eigenvalue weighted by Crippen LogP contribution is 2.22. The number of nitrogens with two attached hydrogens (primary N) is 1. The van der Waals surface area contributed by atoms with E-state index in [-0.39, 0.29) is 11.8 Å². The number of ketones is 1. The fourth-order valence-corrected chi connectivity index (χ4v) is 1.60. The van der Waals surface area contributed by atoms with Gasteiger partial charge in [-0.3, -0.25) is 4.79 Å². The lowest BCUT2D eigenvalue weighted by Gasteiger charge is -2.08. The van der Waals surface area contributed by atoms with Gasteiger partial charge in [0.15, 0.2) is 5.78 Å². The molecule has 1 atom stereocenters. The second kappa shape index (κ2) is 5.50. The van der Waals surface area contributed by atoms with Gasteiger partial charge in [0.2, 0.25) is 0 Å². The SMILES string of the molecule is CCC(N)CC(=O)c1cc(Cl)ccc1Cl. The topological polar surface area (TPSA) is 43.1 Å². The highest BCUT2D eigenvalue weighted by molar-refractivity contribution is 6.35. The van der Waals surface area contributed by atoms with Crippen LogP contribution in [0.3, 0.4) is 0 Å². The molecule has 0 saturated heterocycles. The lowest BCUT2D eigenvalue weighted by Crippen LogP contribution is -2.22. The second-order valence-corrected chi connectivity index (χ2v) is 4.26. The minimum atomic E-state index is -0.118. The summed E-state index contributed by atoms with van der Waals surface area (Å²) in [6, 6.07) is 4.73. The van der Waals surface area contributed by atoms with E-state index in [1.54, 1.807) is 18.2 Å². The van der Waals surface area contributed by atoms with Crippen LogP contribution >= 0.6 is 23.2 Å². The Morgan fingerprint density at radius 3 is 2.73 bits per heavy atom. The van der Waals surface area contributed by atoms with Crippen LogP contribution in [0, 0.1) is 0 Å². The molecule has 4 heteroatoms. The van der Waals surface area contributed by atoms with Crippen LogP contribution in [0.5, 0.6) is 0 Å². The van der Waals surface area contributed by atoms with E-state index in [1.165, 1.54) is 0 Å². The largest absolute Gasteiger partial charge is 0.327 e. The Hall–Kier alpha value is -0.570. The van der Waals surface area contributed by atoms with E-state index >= 15 is 0 Å². The molecule has 0 amide bonds. The first-order valence-corrected chi connectivity index (χ1v) is 5.54. The number of hydrogen-bond acceptors (Lipinski definition) is 2. The zero-order valence-corrected chi connectivity index (χ0v) is 9.98. The molecule has 2 nitrogen and oxygen atoms in total. The van der Waals surface area contributed by atoms with Crippen molar-refractivity contribution < 1.29 is 4.79 Å². The number of benzene rings is 1. The maximum atomic E-state index is 11.8. The first kappa shape index (κ1) is 12.5. The number of carbonyl (C=O) groups is 1. The fraction of sp³-hybridized carbons (Fsp3) is 0.364. The molecule has 0 aliphatic rings. The molecule has 0 aliphatic heterocycles. The first-order chi connectivity index (χ1) is 7.04. The number of hydrogen-bond donors (Lipinski definition) is 1. The van der Waals surface area contributed by atoms with Crippen molar-refractivity contribution in [3.8, 4) is 0 Å². The molecule has 15 heavy (non-hydrogen) atoms. The van der Waals surface area contributed by atoms with Gasteiger partial charge in [-0.15, -0.1) is 0 Å². The molecule has 0 saturated carbocycles. The maximum Gasteiger partial charge on any atom is 0.165 e. The molecule has 2 N–H and O–H groups in total. The lowest BCUT2D eigenvalue weighted by molar-refractivity contribution is 0.0974. The molecule has 0 spiro atoms. The summed E-state index contributed by atoms with van der Waals surface area (Å²) in [6.45, 7) is 1.94. The van der Waals surface area contributed by atoms with Crippen molar-refractivity contribution in [1.82, 2.24) is 0 Å². The van der Waals surface area contributed by atoms with Gasteiger partial charge >= 0.3 is 0 Å². The van der Waals surface area contributed by atoms with Crippen molar-refractivity contribution in [2.24, 2.45) is 5.73 Å². The van der Waals surface area contributed by atoms with Crippen LogP contribution in [0.1, 0.15) is 30.1 Å². The second-order valence-electron chi connectivity index (χ2n) is 3.42. The highest BCUT2D eigenvalue weighted by atomic mass is 35.5. The van der Waals surface area contributed by atoms with Crippen LogP contribution in [0.4, 0.5) is 0 Å². The van der Waals surface area contributed by atoms with E-state index in [9.17, 15) is 4.79 Å². The van der Waals surface area contributed by atoms with E-state index in [4.69, 9.17) is 28.9 Å². The highest BCUT2D eigenvalue weighted by Gasteiger charge is 2.13. The Kier molecular flexibility index (Phi) is 4.58. The molecule has 1 aromatic carbocycles. The van der Waals surface area contributed by atoms with E-state index < -0.39 is 0 Å². The lowest BCUT2D eigenvalue weighted by atomic mass is 10.0. The minimum absolute atomic E-state index is 0.0585. The third kappa shape index (κ3) is 3.49.